The normalized spacial score (nSPS) is 28.0. The fraction of sp³-hybridized carbons (Fsp3) is 0.384. The molecule has 7 aromatic rings. The van der Waals surface area contributed by atoms with Crippen molar-refractivity contribution in [2.24, 2.45) is 23.3 Å². The lowest BCUT2D eigenvalue weighted by molar-refractivity contribution is -0.329. The predicted molar refractivity (Wildman–Crippen MR) is 394 cm³/mol. The van der Waals surface area contributed by atoms with Crippen LogP contribution < -0.4 is 57.6 Å². The number of benzene rings is 6. The highest BCUT2D eigenvalue weighted by atomic mass is 35.5. The molecule has 2 saturated heterocycles. The Morgan fingerprint density at radius 3 is 1.99 bits per heavy atom. The van der Waals surface area contributed by atoms with Gasteiger partial charge in [-0.3, -0.25) is 33.6 Å². The maximum atomic E-state index is 16.2. The van der Waals surface area contributed by atoms with Gasteiger partial charge in [-0.05, 0) is 121 Å². The van der Waals surface area contributed by atoms with Gasteiger partial charge in [0.2, 0.25) is 53.4 Å². The highest BCUT2D eigenvalue weighted by Gasteiger charge is 2.52. The van der Waals surface area contributed by atoms with E-state index in [9.17, 15) is 69.9 Å². The van der Waals surface area contributed by atoms with Crippen molar-refractivity contribution in [1.29, 1.82) is 0 Å². The van der Waals surface area contributed by atoms with Gasteiger partial charge in [0.05, 0.1) is 45.0 Å². The van der Waals surface area contributed by atoms with E-state index < -0.39 is 225 Å². The molecule has 6 aromatic carbocycles. The van der Waals surface area contributed by atoms with E-state index in [2.05, 4.69) is 36.9 Å². The largest absolute Gasteiger partial charge is 0.508 e. The van der Waals surface area contributed by atoms with E-state index in [1.807, 2.05) is 13.8 Å². The van der Waals surface area contributed by atoms with Crippen molar-refractivity contribution in [2.75, 3.05) is 5.75 Å². The van der Waals surface area contributed by atoms with Crippen LogP contribution in [0.1, 0.15) is 112 Å². The minimum atomic E-state index is -2.34. The van der Waals surface area contributed by atoms with Gasteiger partial charge in [0.1, 0.15) is 83.4 Å². The molecule has 18 atom stereocenters. The van der Waals surface area contributed by atoms with Crippen molar-refractivity contribution in [3.63, 3.8) is 0 Å². The maximum Gasteiger partial charge on any atom is 0.330 e. The number of nitrogens with zero attached hydrogens (tertiary/aromatic N) is 1. The number of thioether (sulfide) groups is 1. The molecule has 7 aliphatic heterocycles. The number of aromatic nitrogens is 1. The van der Waals surface area contributed by atoms with Crippen LogP contribution >= 0.6 is 57.9 Å². The Hall–Kier alpha value is -9.37. The number of carbonyl (C=O) groups is 8. The number of aromatic hydroxyl groups is 3. The molecule has 7 amide bonds. The highest BCUT2D eigenvalue weighted by Crippen LogP contribution is 2.50. The zero-order valence-electron chi connectivity index (χ0n) is 58.8. The molecule has 32 nitrogen and oxygen atoms in total. The van der Waals surface area contributed by atoms with Crippen LogP contribution in [0.4, 0.5) is 0 Å². The predicted octanol–water partition coefficient (Wildman–Crippen LogP) is 5.22. The van der Waals surface area contributed by atoms with Crippen LogP contribution in [0.5, 0.6) is 46.0 Å². The van der Waals surface area contributed by atoms with Gasteiger partial charge < -0.3 is 118 Å². The molecule has 10 unspecified atom stereocenters. The summed E-state index contributed by atoms with van der Waals surface area (Å²) < 4.78 is 41.0. The molecule has 8 heterocycles. The Morgan fingerprint density at radius 2 is 1.35 bits per heavy atom. The second kappa shape index (κ2) is 32.5. The number of carboxylic acid groups (broad SMARTS) is 1. The number of hydrogen-bond donors (Lipinski definition) is 17. The Balaban J connectivity index is 1.09. The SMILES string of the molecule is CC(C)C[C@H](C)C(=O)N[C@H]1C(=O)N[C@@H](CC(N)=O)C(=O)N[C@H]2C(=O)NC3C(=O)N[C@H](C(=O)N[C@@H](C(=O)O)c4cc(O)cc(O)c4-c4cc3ccc4O)[C@H](O)c3ccc(c(Cl)c3)Oc3cc2cc(c3OC2OC(CSc3nc4cc(Cl)ccc4s3)C(O)C(O)C2OC2CC(C)(N)C(O)C(C)O2)Oc2ccc(cc2Cl)[C@H]1O. The number of nitrogens with two attached hydrogens (primary N) is 2. The number of aliphatic hydroxyl groups excluding tert-OH is 5. The molecule has 1 aromatic heterocycles. The summed E-state index contributed by atoms with van der Waals surface area (Å²) in [6, 6.07) is 5.80. The van der Waals surface area contributed by atoms with Crippen LogP contribution in [-0.4, -0.2) is 177 Å². The van der Waals surface area contributed by atoms with E-state index in [4.69, 9.17) is 74.7 Å². The van der Waals surface area contributed by atoms with E-state index in [1.54, 1.807) is 25.1 Å². The molecule has 0 saturated carbocycles. The molecule has 0 aliphatic carbocycles. The number of aliphatic carboxylic acids is 1. The summed E-state index contributed by atoms with van der Waals surface area (Å²) in [5.41, 5.74) is 8.81. The number of carbonyl (C=O) groups excluding carboxylic acids is 7. The molecular weight excluding hydrogens is 1540 g/mol. The Morgan fingerprint density at radius 1 is 0.718 bits per heavy atom. The summed E-state index contributed by atoms with van der Waals surface area (Å²) in [6.07, 6.45) is -17.9. The third kappa shape index (κ3) is 17.1. The average Bonchev–Trinajstić information content (AvgIpc) is 0.916. The fourth-order valence-corrected chi connectivity index (χ4v) is 16.4. The number of ether oxygens (including phenoxy) is 6. The number of primary amides is 1. The van der Waals surface area contributed by atoms with Crippen molar-refractivity contribution in [3.05, 3.63) is 140 Å². The second-order valence-corrected chi connectivity index (χ2v) is 31.5. The monoisotopic (exact) mass is 1620 g/mol. The molecule has 19 N–H and O–H groups in total. The number of amides is 7. The van der Waals surface area contributed by atoms with Gasteiger partial charge in [-0.25, -0.2) is 9.78 Å². The van der Waals surface area contributed by atoms with Crippen molar-refractivity contribution in [3.8, 4) is 57.1 Å². The molecule has 0 spiro atoms. The van der Waals surface area contributed by atoms with E-state index >= 15 is 14.4 Å². The number of halogens is 3. The number of thiazole rings is 1. The molecule has 0 radical (unpaired) electrons. The van der Waals surface area contributed by atoms with Gasteiger partial charge in [-0.1, -0.05) is 85.5 Å². The first kappa shape index (κ1) is 80.2. The number of carboxylic acids is 1. The van der Waals surface area contributed by atoms with Crippen LogP contribution in [0, 0.1) is 11.8 Å². The van der Waals surface area contributed by atoms with E-state index in [1.165, 1.54) is 43.4 Å². The van der Waals surface area contributed by atoms with Crippen molar-refractivity contribution in [2.45, 2.75) is 161 Å². The number of nitrogens with one attached hydrogen (secondary N) is 6. The number of phenols is 3. The minimum Gasteiger partial charge on any atom is -0.508 e. The number of rotatable bonds is 14. The molecule has 584 valence electrons. The molecule has 7 aliphatic rings. The van der Waals surface area contributed by atoms with Gasteiger partial charge in [-0.2, -0.15) is 0 Å². The minimum absolute atomic E-state index is 0.0437. The van der Waals surface area contributed by atoms with Gasteiger partial charge in [0.15, 0.2) is 34.3 Å². The Labute approximate surface area is 649 Å². The van der Waals surface area contributed by atoms with E-state index in [0.717, 1.165) is 77.1 Å². The Bertz CT molecular complexity index is 4810. The zero-order valence-corrected chi connectivity index (χ0v) is 62.7. The van der Waals surface area contributed by atoms with Gasteiger partial charge in [0, 0.05) is 51.4 Å². The summed E-state index contributed by atoms with van der Waals surface area (Å²) >= 11 is 23.0. The smallest absolute Gasteiger partial charge is 0.330 e. The Kier molecular flexibility index (Phi) is 23.7. The number of aliphatic hydroxyl groups is 5. The van der Waals surface area contributed by atoms with Gasteiger partial charge >= 0.3 is 5.97 Å². The standard InChI is InChI=1S/C73H76Cl3N9O23S2/c1-26(2)14-27(3)64(95)84-55-57(90)30-7-11-43(37(75)16-30)104-45-18-32-19-46(61(45)108-71-62(107-50-24-73(5,78)63(94)28(4)103-50)60(93)59(92)47(106-71)25-109-72-80-39-20-33(74)9-13-48(39)110-72)105-44-12-8-31(17-38(44)76)58(91)56-69(100)83-54(70(101)102)36-21-34(86)22-42(88)51(36)35-15-29(6-10-41(35)87)52(66(97)85-56)82-67(98)53(32)81-65(96)40(23-49(77)89)79-68(55)99/h6-13,15-22,26-28,40,47,50,52-60,62-63,71,86-88,90-94H,14,23-25,78H2,1-5H3,(H2,77,89)(H,79,99)(H,81,96)(H,82,98)(H,83,100)(H,84,95)(H,85,97)(H,101,102)/t27-,28?,40-,47?,50?,52?,53+,54+,55+,56-,57+,58+,59?,60?,62?,63?,71?,73?/m0/s1. The summed E-state index contributed by atoms with van der Waals surface area (Å²) in [7, 11) is 0. The van der Waals surface area contributed by atoms with Gasteiger partial charge in [-0.15, -0.1) is 11.3 Å². The number of hydrogen-bond acceptors (Lipinski definition) is 26. The maximum absolute atomic E-state index is 16.2. The second-order valence-electron chi connectivity index (χ2n) is 28.0. The zero-order chi connectivity index (χ0) is 79.4. The first-order chi connectivity index (χ1) is 52.0. The van der Waals surface area contributed by atoms with E-state index in [-0.39, 0.29) is 51.3 Å². The molecule has 11 bridgehead atoms. The summed E-state index contributed by atoms with van der Waals surface area (Å²) in [5, 5.41) is 120. The molecule has 37 heteroatoms. The lowest BCUT2D eigenvalue weighted by Crippen LogP contribution is -2.64. The third-order valence-electron chi connectivity index (χ3n) is 19.2. The summed E-state index contributed by atoms with van der Waals surface area (Å²) in [4.78, 5) is 122. The summed E-state index contributed by atoms with van der Waals surface area (Å²) in [6.45, 7) is 8.31. The first-order valence-electron chi connectivity index (χ1n) is 34.4. The topological polar surface area (TPSA) is 511 Å². The molecular formula is C73H76Cl3N9O23S2. The van der Waals surface area contributed by atoms with Crippen LogP contribution in [-0.2, 0) is 52.6 Å². The highest BCUT2D eigenvalue weighted by molar-refractivity contribution is 8.01. The summed E-state index contributed by atoms with van der Waals surface area (Å²) in [5.74, 6) is -16.5. The van der Waals surface area contributed by atoms with Gasteiger partial charge in [0.25, 0.3) is 0 Å². The van der Waals surface area contributed by atoms with Crippen LogP contribution in [0.15, 0.2) is 101 Å². The fourth-order valence-electron chi connectivity index (χ4n) is 13.6. The first-order valence-corrected chi connectivity index (χ1v) is 37.3. The number of fused-ring (bicyclic) bond motifs is 16. The molecule has 2 fully saturated rings. The molecule has 110 heavy (non-hydrogen) atoms. The quantitative estimate of drug-likeness (QED) is 0.0621. The average molecular weight is 1620 g/mol. The van der Waals surface area contributed by atoms with Crippen molar-refractivity contribution >= 4 is 115 Å². The van der Waals surface area contributed by atoms with Crippen molar-refractivity contribution < 1.29 is 113 Å². The molecule has 14 rings (SSSR count). The van der Waals surface area contributed by atoms with Crippen LogP contribution in [0.2, 0.25) is 15.1 Å². The number of phenolic OH excluding ortho intramolecular Hbond substituents is 3. The van der Waals surface area contributed by atoms with E-state index in [0.29, 0.717) is 21.3 Å². The van der Waals surface area contributed by atoms with Crippen LogP contribution in [0.3, 0.4) is 0 Å². The lowest BCUT2D eigenvalue weighted by atomic mass is 9.86. The lowest BCUT2D eigenvalue weighted by Gasteiger charge is -2.47. The van der Waals surface area contributed by atoms with Crippen LogP contribution in [0.25, 0.3) is 21.3 Å². The van der Waals surface area contributed by atoms with Crippen molar-refractivity contribution in [1.82, 2.24) is 36.9 Å². The third-order valence-corrected chi connectivity index (χ3v) is 22.3.